The Kier molecular flexibility index (Phi) is 7.08. The highest BCUT2D eigenvalue weighted by Crippen LogP contribution is 2.43. The second-order valence-corrected chi connectivity index (χ2v) is 10.1. The molecule has 1 aromatic heterocycles. The second-order valence-electron chi connectivity index (χ2n) is 7.49. The number of aromatic nitrogens is 1. The number of thioether (sulfide) groups is 1. The lowest BCUT2D eigenvalue weighted by atomic mass is 9.95. The van der Waals surface area contributed by atoms with Crippen LogP contribution in [0.4, 0.5) is 4.39 Å². The van der Waals surface area contributed by atoms with Gasteiger partial charge in [0.05, 0.1) is 16.5 Å². The number of halogens is 1. The lowest BCUT2D eigenvalue weighted by molar-refractivity contribution is 0.598. The van der Waals surface area contributed by atoms with Crippen molar-refractivity contribution in [3.05, 3.63) is 102 Å². The Morgan fingerprint density at radius 1 is 0.971 bits per heavy atom. The standard InChI is InChI=1S/C26H20FN3O2S2/c27-22-10-8-19(9-11-22)25-23(33-14-12-18-5-2-1-3-6-18)15-21(16-28)24(26(25)34(29,31)32)20-7-4-13-30-17-20/h1-11,13,15,17H,12,14H2,(H2,29,31,32). The van der Waals surface area contributed by atoms with Gasteiger partial charge in [-0.3, -0.25) is 4.98 Å². The van der Waals surface area contributed by atoms with E-state index in [0.717, 1.165) is 12.0 Å². The zero-order valence-corrected chi connectivity index (χ0v) is 19.6. The summed E-state index contributed by atoms with van der Waals surface area (Å²) < 4.78 is 39.6. The number of nitrogens with two attached hydrogens (primary N) is 1. The third kappa shape index (κ3) is 5.18. The van der Waals surface area contributed by atoms with E-state index in [-0.39, 0.29) is 16.0 Å². The van der Waals surface area contributed by atoms with Gasteiger partial charge < -0.3 is 0 Å². The van der Waals surface area contributed by atoms with E-state index in [0.29, 0.717) is 27.3 Å². The summed E-state index contributed by atoms with van der Waals surface area (Å²) in [6.45, 7) is 0. The smallest absolute Gasteiger partial charge is 0.239 e. The van der Waals surface area contributed by atoms with Crippen molar-refractivity contribution in [3.63, 3.8) is 0 Å². The number of hydrogen-bond donors (Lipinski definition) is 1. The van der Waals surface area contributed by atoms with Crippen LogP contribution >= 0.6 is 11.8 Å². The Labute approximate surface area is 202 Å². The van der Waals surface area contributed by atoms with Crippen LogP contribution in [0.5, 0.6) is 0 Å². The van der Waals surface area contributed by atoms with Gasteiger partial charge in [0.1, 0.15) is 5.82 Å². The van der Waals surface area contributed by atoms with E-state index >= 15 is 0 Å². The third-order valence-electron chi connectivity index (χ3n) is 5.22. The lowest BCUT2D eigenvalue weighted by Crippen LogP contribution is -2.16. The largest absolute Gasteiger partial charge is 0.264 e. The maximum Gasteiger partial charge on any atom is 0.239 e. The number of rotatable bonds is 7. The molecule has 0 spiro atoms. The normalized spacial score (nSPS) is 11.2. The fourth-order valence-electron chi connectivity index (χ4n) is 3.73. The first-order valence-corrected chi connectivity index (χ1v) is 12.9. The summed E-state index contributed by atoms with van der Waals surface area (Å²) in [6, 6.07) is 22.6. The maximum atomic E-state index is 13.7. The molecule has 4 aromatic rings. The SMILES string of the molecule is N#Cc1cc(SCCc2ccccc2)c(-c2ccc(F)cc2)c(S(N)(=O)=O)c1-c1cccnc1. The highest BCUT2D eigenvalue weighted by molar-refractivity contribution is 7.99. The van der Waals surface area contributed by atoms with Crippen LogP contribution in [-0.2, 0) is 16.4 Å². The molecule has 0 saturated heterocycles. The van der Waals surface area contributed by atoms with Crippen molar-refractivity contribution < 1.29 is 12.8 Å². The van der Waals surface area contributed by atoms with Gasteiger partial charge in [0.25, 0.3) is 0 Å². The second kappa shape index (κ2) is 10.2. The van der Waals surface area contributed by atoms with Gasteiger partial charge in [0.2, 0.25) is 10.0 Å². The molecule has 170 valence electrons. The zero-order valence-electron chi connectivity index (χ0n) is 18.0. The molecule has 0 fully saturated rings. The Hall–Kier alpha value is -3.51. The van der Waals surface area contributed by atoms with E-state index in [9.17, 15) is 18.1 Å². The minimum Gasteiger partial charge on any atom is -0.264 e. The predicted octanol–water partition coefficient (Wildman–Crippen LogP) is 5.41. The number of primary sulfonamides is 1. The first-order valence-electron chi connectivity index (χ1n) is 10.4. The van der Waals surface area contributed by atoms with Crippen molar-refractivity contribution in [1.82, 2.24) is 4.98 Å². The van der Waals surface area contributed by atoms with Crippen LogP contribution in [0.15, 0.2) is 95.0 Å². The summed E-state index contributed by atoms with van der Waals surface area (Å²) in [7, 11) is -4.29. The van der Waals surface area contributed by atoms with Gasteiger partial charge in [-0.2, -0.15) is 5.26 Å². The Morgan fingerprint density at radius 2 is 1.71 bits per heavy atom. The molecule has 4 rings (SSSR count). The van der Waals surface area contributed by atoms with Crippen LogP contribution in [0, 0.1) is 17.1 Å². The van der Waals surface area contributed by atoms with Crippen molar-refractivity contribution >= 4 is 21.8 Å². The monoisotopic (exact) mass is 489 g/mol. The number of hydrogen-bond acceptors (Lipinski definition) is 5. The number of nitrogens with zero attached hydrogens (tertiary/aromatic N) is 2. The summed E-state index contributed by atoms with van der Waals surface area (Å²) in [5.41, 5.74) is 2.78. The molecule has 1 heterocycles. The van der Waals surface area contributed by atoms with Gasteiger partial charge in [-0.05, 0) is 41.8 Å². The first-order chi connectivity index (χ1) is 16.4. The molecule has 0 aliphatic heterocycles. The van der Waals surface area contributed by atoms with Gasteiger partial charge in [-0.15, -0.1) is 11.8 Å². The maximum absolute atomic E-state index is 13.7. The molecule has 0 atom stereocenters. The summed E-state index contributed by atoms with van der Waals surface area (Å²) in [6.07, 6.45) is 3.79. The minimum atomic E-state index is -4.29. The van der Waals surface area contributed by atoms with Crippen LogP contribution < -0.4 is 5.14 Å². The molecule has 0 aliphatic rings. The highest BCUT2D eigenvalue weighted by atomic mass is 32.2. The molecule has 0 bridgehead atoms. The van der Waals surface area contributed by atoms with Crippen molar-refractivity contribution in [2.45, 2.75) is 16.2 Å². The van der Waals surface area contributed by atoms with E-state index in [4.69, 9.17) is 5.14 Å². The average Bonchev–Trinajstić information content (AvgIpc) is 2.84. The number of sulfonamides is 1. The summed E-state index contributed by atoms with van der Waals surface area (Å²) >= 11 is 1.42. The van der Waals surface area contributed by atoms with Crippen molar-refractivity contribution in [2.75, 3.05) is 5.75 Å². The molecule has 0 unspecified atom stereocenters. The number of pyridine rings is 1. The fraction of sp³-hybridized carbons (Fsp3) is 0.0769. The first kappa shape index (κ1) is 23.6. The summed E-state index contributed by atoms with van der Waals surface area (Å²) in [5, 5.41) is 15.7. The van der Waals surface area contributed by atoms with Crippen molar-refractivity contribution in [2.24, 2.45) is 5.14 Å². The molecule has 34 heavy (non-hydrogen) atoms. The molecule has 0 amide bonds. The minimum absolute atomic E-state index is 0.171. The molecule has 0 saturated carbocycles. The van der Waals surface area contributed by atoms with Gasteiger partial charge >= 0.3 is 0 Å². The Balaban J connectivity index is 1.95. The van der Waals surface area contributed by atoms with E-state index < -0.39 is 15.8 Å². The number of nitriles is 1. The fourth-order valence-corrected chi connectivity index (χ4v) is 5.94. The van der Waals surface area contributed by atoms with Crippen LogP contribution in [0.3, 0.4) is 0 Å². The summed E-state index contributed by atoms with van der Waals surface area (Å²) in [5.74, 6) is 0.194. The van der Waals surface area contributed by atoms with Crippen LogP contribution in [0.1, 0.15) is 11.1 Å². The lowest BCUT2D eigenvalue weighted by Gasteiger charge is -2.19. The number of aryl methyl sites for hydroxylation is 1. The Bertz CT molecular complexity index is 1450. The summed E-state index contributed by atoms with van der Waals surface area (Å²) in [4.78, 5) is 4.49. The molecule has 5 nitrogen and oxygen atoms in total. The molecular formula is C26H20FN3O2S2. The molecule has 8 heteroatoms. The van der Waals surface area contributed by atoms with Gasteiger partial charge in [-0.25, -0.2) is 17.9 Å². The van der Waals surface area contributed by atoms with E-state index in [1.807, 2.05) is 30.3 Å². The molecular weight excluding hydrogens is 469 g/mol. The van der Waals surface area contributed by atoms with Crippen LogP contribution in [-0.4, -0.2) is 19.2 Å². The van der Waals surface area contributed by atoms with E-state index in [1.165, 1.54) is 42.2 Å². The quantitative estimate of drug-likeness (QED) is 0.350. The van der Waals surface area contributed by atoms with Crippen LogP contribution in [0.2, 0.25) is 0 Å². The molecule has 0 radical (unpaired) electrons. The van der Waals surface area contributed by atoms with Crippen molar-refractivity contribution in [3.8, 4) is 28.3 Å². The number of benzene rings is 3. The molecule has 3 aromatic carbocycles. The topological polar surface area (TPSA) is 96.8 Å². The third-order valence-corrected chi connectivity index (χ3v) is 7.24. The Morgan fingerprint density at radius 3 is 2.32 bits per heavy atom. The van der Waals surface area contributed by atoms with Crippen LogP contribution in [0.25, 0.3) is 22.3 Å². The van der Waals surface area contributed by atoms with Gasteiger partial charge in [0, 0.05) is 39.7 Å². The van der Waals surface area contributed by atoms with Gasteiger partial charge in [0.15, 0.2) is 0 Å². The van der Waals surface area contributed by atoms with Gasteiger partial charge in [-0.1, -0.05) is 48.5 Å². The molecule has 2 N–H and O–H groups in total. The van der Waals surface area contributed by atoms with E-state index in [2.05, 4.69) is 11.1 Å². The van der Waals surface area contributed by atoms with Crippen molar-refractivity contribution in [1.29, 1.82) is 5.26 Å². The van der Waals surface area contributed by atoms with E-state index in [1.54, 1.807) is 24.4 Å². The highest BCUT2D eigenvalue weighted by Gasteiger charge is 2.27. The zero-order chi connectivity index (χ0) is 24.1. The average molecular weight is 490 g/mol. The predicted molar refractivity (Wildman–Crippen MR) is 132 cm³/mol. The molecule has 0 aliphatic carbocycles.